The third-order valence-electron chi connectivity index (χ3n) is 5.40. The van der Waals surface area contributed by atoms with E-state index in [2.05, 4.69) is 40.9 Å². The molecule has 0 atom stereocenters. The molecule has 5 nitrogen and oxygen atoms in total. The van der Waals surface area contributed by atoms with Crippen LogP contribution in [-0.4, -0.2) is 17.8 Å². The van der Waals surface area contributed by atoms with Gasteiger partial charge in [0.25, 0.3) is 0 Å². The summed E-state index contributed by atoms with van der Waals surface area (Å²) in [5.74, 6) is 0. The predicted octanol–water partition coefficient (Wildman–Crippen LogP) is 5.59. The largest absolute Gasteiger partial charge is 0.305 e. The number of nitrogens with zero attached hydrogens (tertiary/aromatic N) is 2. The summed E-state index contributed by atoms with van der Waals surface area (Å²) < 4.78 is 24.4. The van der Waals surface area contributed by atoms with Crippen LogP contribution in [0.1, 0.15) is 5.56 Å². The van der Waals surface area contributed by atoms with Gasteiger partial charge in [-0.1, -0.05) is 84.9 Å². The summed E-state index contributed by atoms with van der Waals surface area (Å²) in [6, 6.07) is 30.2. The molecule has 0 saturated carbocycles. The van der Waals surface area contributed by atoms with E-state index < -0.39 is 10.0 Å². The normalized spacial score (nSPS) is 11.9. The lowest BCUT2D eigenvalue weighted by Crippen LogP contribution is -2.06. The smallest absolute Gasteiger partial charge is 0.231 e. The molecule has 33 heavy (non-hydrogen) atoms. The van der Waals surface area contributed by atoms with Crippen molar-refractivity contribution in [2.45, 2.75) is 0 Å². The van der Waals surface area contributed by atoms with Crippen molar-refractivity contribution in [3.8, 4) is 33.5 Å². The highest BCUT2D eigenvalue weighted by Gasteiger charge is 2.12. The van der Waals surface area contributed by atoms with Crippen LogP contribution < -0.4 is 5.14 Å². The number of imidazole rings is 1. The molecule has 162 valence electrons. The molecule has 0 fully saturated rings. The van der Waals surface area contributed by atoms with Crippen LogP contribution in [0.15, 0.2) is 109 Å². The van der Waals surface area contributed by atoms with Crippen LogP contribution in [0.4, 0.5) is 0 Å². The average Bonchev–Trinajstić information content (AvgIpc) is 3.27. The molecule has 0 spiro atoms. The minimum absolute atomic E-state index is 0.743. The summed E-state index contributed by atoms with van der Waals surface area (Å²) in [6.45, 7) is 0. The third-order valence-corrected chi connectivity index (χ3v) is 5.92. The second-order valence-electron chi connectivity index (χ2n) is 7.75. The molecule has 5 rings (SSSR count). The molecule has 0 unspecified atom stereocenters. The maximum atomic E-state index is 11.1. The molecule has 2 aromatic heterocycles. The van der Waals surface area contributed by atoms with Crippen molar-refractivity contribution in [1.29, 1.82) is 0 Å². The van der Waals surface area contributed by atoms with Crippen molar-refractivity contribution >= 4 is 21.7 Å². The van der Waals surface area contributed by atoms with E-state index in [4.69, 9.17) is 10.1 Å². The number of fused-ring (bicyclic) bond motifs is 1. The Balaban J connectivity index is 1.62. The first-order chi connectivity index (χ1) is 16.0. The van der Waals surface area contributed by atoms with E-state index in [1.165, 1.54) is 6.08 Å². The van der Waals surface area contributed by atoms with E-state index in [1.807, 2.05) is 66.9 Å². The first-order valence-electron chi connectivity index (χ1n) is 10.4. The van der Waals surface area contributed by atoms with Crippen LogP contribution in [0.25, 0.3) is 45.2 Å². The van der Waals surface area contributed by atoms with Gasteiger partial charge >= 0.3 is 0 Å². The van der Waals surface area contributed by atoms with Gasteiger partial charge in [-0.05, 0) is 34.4 Å². The Kier molecular flexibility index (Phi) is 5.38. The molecule has 0 aliphatic carbocycles. The SMILES string of the molecule is NS(=O)(=O)C=Cc1ccc(-c2cn3cc(-c4ccccc4)cc(-c4ccccc4)c3n2)cc1. The summed E-state index contributed by atoms with van der Waals surface area (Å²) >= 11 is 0. The minimum Gasteiger partial charge on any atom is -0.305 e. The zero-order valence-corrected chi connectivity index (χ0v) is 18.5. The second kappa shape index (κ2) is 8.50. The number of primary sulfonamides is 1. The van der Waals surface area contributed by atoms with Gasteiger partial charge in [-0.3, -0.25) is 0 Å². The monoisotopic (exact) mass is 451 g/mol. The van der Waals surface area contributed by atoms with Crippen LogP contribution in [0.3, 0.4) is 0 Å². The summed E-state index contributed by atoms with van der Waals surface area (Å²) in [7, 11) is -3.66. The van der Waals surface area contributed by atoms with Crippen molar-refractivity contribution in [3.05, 3.63) is 114 Å². The van der Waals surface area contributed by atoms with Gasteiger partial charge in [0.2, 0.25) is 10.0 Å². The lowest BCUT2D eigenvalue weighted by atomic mass is 10.0. The van der Waals surface area contributed by atoms with Gasteiger partial charge in [0, 0.05) is 28.9 Å². The molecule has 0 aliphatic heterocycles. The standard InChI is InChI=1S/C27H21N3O2S/c28-33(31,32)16-15-20-11-13-23(14-12-20)26-19-30-18-24(21-7-3-1-4-8-21)17-25(27(30)29-26)22-9-5-2-6-10-22/h1-19H,(H2,28,31,32). The number of rotatable bonds is 5. The molecule has 6 heteroatoms. The number of sulfonamides is 1. The first-order valence-corrected chi connectivity index (χ1v) is 12.0. The fourth-order valence-electron chi connectivity index (χ4n) is 3.79. The van der Waals surface area contributed by atoms with Crippen molar-refractivity contribution in [1.82, 2.24) is 9.38 Å². The fraction of sp³-hybridized carbons (Fsp3) is 0. The second-order valence-corrected chi connectivity index (χ2v) is 9.20. The summed E-state index contributed by atoms with van der Waals surface area (Å²) in [6.07, 6.45) is 5.59. The van der Waals surface area contributed by atoms with Gasteiger partial charge in [-0.15, -0.1) is 0 Å². The Labute approximate surface area is 192 Å². The average molecular weight is 452 g/mol. The molecular formula is C27H21N3O2S. The quantitative estimate of drug-likeness (QED) is 0.378. The molecule has 3 aromatic carbocycles. The van der Waals surface area contributed by atoms with E-state index in [9.17, 15) is 8.42 Å². The van der Waals surface area contributed by atoms with Gasteiger partial charge in [-0.2, -0.15) is 0 Å². The Morgan fingerprint density at radius 2 is 1.36 bits per heavy atom. The molecule has 0 radical (unpaired) electrons. The van der Waals surface area contributed by atoms with E-state index in [-0.39, 0.29) is 0 Å². The van der Waals surface area contributed by atoms with Crippen molar-refractivity contribution in [2.75, 3.05) is 0 Å². The van der Waals surface area contributed by atoms with Gasteiger partial charge in [-0.25, -0.2) is 18.5 Å². The van der Waals surface area contributed by atoms with Crippen LogP contribution in [0.2, 0.25) is 0 Å². The number of benzene rings is 3. The van der Waals surface area contributed by atoms with E-state index in [0.717, 1.165) is 50.1 Å². The number of aromatic nitrogens is 2. The lowest BCUT2D eigenvalue weighted by molar-refractivity contribution is 0.606. The maximum absolute atomic E-state index is 11.1. The maximum Gasteiger partial charge on any atom is 0.231 e. The molecule has 5 aromatic rings. The molecule has 2 N–H and O–H groups in total. The Morgan fingerprint density at radius 3 is 2.00 bits per heavy atom. The fourth-order valence-corrected chi connectivity index (χ4v) is 4.14. The summed E-state index contributed by atoms with van der Waals surface area (Å²) in [5, 5.41) is 6.03. The molecule has 0 bridgehead atoms. The first kappa shape index (κ1) is 20.9. The van der Waals surface area contributed by atoms with Gasteiger partial charge in [0.1, 0.15) is 5.65 Å². The zero-order valence-electron chi connectivity index (χ0n) is 17.7. The van der Waals surface area contributed by atoms with Gasteiger partial charge in [0.05, 0.1) is 5.69 Å². The predicted molar refractivity (Wildman–Crippen MR) is 134 cm³/mol. The molecule has 2 heterocycles. The number of pyridine rings is 1. The molecule has 0 aliphatic rings. The molecular weight excluding hydrogens is 430 g/mol. The Morgan fingerprint density at radius 1 is 0.727 bits per heavy atom. The molecule has 0 amide bonds. The molecule has 0 saturated heterocycles. The highest BCUT2D eigenvalue weighted by Crippen LogP contribution is 2.32. The highest BCUT2D eigenvalue weighted by molar-refractivity contribution is 7.92. The number of nitrogens with two attached hydrogens (primary N) is 1. The van der Waals surface area contributed by atoms with Crippen molar-refractivity contribution in [2.24, 2.45) is 5.14 Å². The third kappa shape index (κ3) is 4.62. The zero-order chi connectivity index (χ0) is 22.8. The van der Waals surface area contributed by atoms with Crippen LogP contribution >= 0.6 is 0 Å². The Hall–Kier alpha value is -4.00. The summed E-state index contributed by atoms with van der Waals surface area (Å²) in [5.41, 5.74) is 7.78. The van der Waals surface area contributed by atoms with Crippen LogP contribution in [0.5, 0.6) is 0 Å². The minimum atomic E-state index is -3.66. The number of hydrogen-bond acceptors (Lipinski definition) is 3. The van der Waals surface area contributed by atoms with Crippen molar-refractivity contribution < 1.29 is 8.42 Å². The topological polar surface area (TPSA) is 77.5 Å². The van der Waals surface area contributed by atoms with Gasteiger partial charge in [0.15, 0.2) is 0 Å². The van der Waals surface area contributed by atoms with E-state index >= 15 is 0 Å². The lowest BCUT2D eigenvalue weighted by Gasteiger charge is -2.09. The van der Waals surface area contributed by atoms with Crippen LogP contribution in [-0.2, 0) is 10.0 Å². The number of hydrogen-bond donors (Lipinski definition) is 1. The summed E-state index contributed by atoms with van der Waals surface area (Å²) in [4.78, 5) is 4.94. The van der Waals surface area contributed by atoms with E-state index in [0.29, 0.717) is 0 Å². The highest BCUT2D eigenvalue weighted by atomic mass is 32.2. The van der Waals surface area contributed by atoms with Crippen molar-refractivity contribution in [3.63, 3.8) is 0 Å². The van der Waals surface area contributed by atoms with Crippen LogP contribution in [0, 0.1) is 0 Å². The van der Waals surface area contributed by atoms with E-state index in [1.54, 1.807) is 0 Å². The van der Waals surface area contributed by atoms with Gasteiger partial charge < -0.3 is 4.40 Å². The Bertz CT molecular complexity index is 1560.